The molecule has 7 nitrogen and oxygen atoms in total. The number of rotatable bonds is 8. The number of nitrogens with zero attached hydrogens (tertiary/aromatic N) is 2. The normalized spacial score (nSPS) is 17.1. The number of hydrogen-bond donors (Lipinski definition) is 1. The minimum Gasteiger partial charge on any atom is -0.494 e. The highest BCUT2D eigenvalue weighted by Crippen LogP contribution is 2.31. The summed E-state index contributed by atoms with van der Waals surface area (Å²) < 4.78 is 10.9. The molecule has 0 atom stereocenters. The van der Waals surface area contributed by atoms with Crippen molar-refractivity contribution in [1.82, 2.24) is 9.80 Å². The number of morpholine rings is 1. The summed E-state index contributed by atoms with van der Waals surface area (Å²) in [7, 11) is 0. The predicted octanol–water partition coefficient (Wildman–Crippen LogP) is 3.23. The first kappa shape index (κ1) is 23.0. The average Bonchev–Trinajstić information content (AvgIpc) is 3.05. The molecule has 1 N–H and O–H groups in total. The molecule has 0 radical (unpaired) electrons. The minimum atomic E-state index is -0.296. The highest BCUT2D eigenvalue weighted by molar-refractivity contribution is 6.36. The van der Waals surface area contributed by atoms with E-state index in [2.05, 4.69) is 10.2 Å². The molecular weight excluding hydrogens is 418 g/mol. The smallest absolute Gasteiger partial charge is 0.278 e. The molecule has 174 valence electrons. The summed E-state index contributed by atoms with van der Waals surface area (Å²) in [5.41, 5.74) is 4.47. The van der Waals surface area contributed by atoms with E-state index in [4.69, 9.17) is 9.47 Å². The maximum absolute atomic E-state index is 13.5. The van der Waals surface area contributed by atoms with Gasteiger partial charge in [-0.2, -0.15) is 0 Å². The molecule has 0 bridgehead atoms. The third-order valence-corrected chi connectivity index (χ3v) is 6.14. The van der Waals surface area contributed by atoms with Crippen LogP contribution in [0, 0.1) is 13.8 Å². The van der Waals surface area contributed by atoms with E-state index in [-0.39, 0.29) is 11.8 Å². The van der Waals surface area contributed by atoms with Gasteiger partial charge in [0.25, 0.3) is 11.8 Å². The Hall–Kier alpha value is -3.16. The Labute approximate surface area is 195 Å². The Kier molecular flexibility index (Phi) is 7.11. The molecule has 2 heterocycles. The topological polar surface area (TPSA) is 71.1 Å². The molecule has 2 aromatic rings. The molecule has 33 heavy (non-hydrogen) atoms. The fourth-order valence-corrected chi connectivity index (χ4v) is 4.08. The zero-order chi connectivity index (χ0) is 23.4. The van der Waals surface area contributed by atoms with Gasteiger partial charge in [0.2, 0.25) is 0 Å². The summed E-state index contributed by atoms with van der Waals surface area (Å²) in [6.07, 6.45) is 0. The number of benzene rings is 2. The van der Waals surface area contributed by atoms with E-state index < -0.39 is 0 Å². The molecule has 1 fully saturated rings. The second kappa shape index (κ2) is 10.2. The number of aryl methyl sites for hydroxylation is 2. The molecule has 7 heteroatoms. The molecule has 0 spiro atoms. The molecule has 2 aliphatic rings. The third-order valence-electron chi connectivity index (χ3n) is 6.14. The zero-order valence-corrected chi connectivity index (χ0v) is 19.5. The van der Waals surface area contributed by atoms with E-state index in [1.807, 2.05) is 63.2 Å². The quantitative estimate of drug-likeness (QED) is 0.624. The van der Waals surface area contributed by atoms with Gasteiger partial charge in [0.15, 0.2) is 0 Å². The number of ether oxygens (including phenoxy) is 2. The summed E-state index contributed by atoms with van der Waals surface area (Å²) in [5.74, 6) is 0.158. The molecule has 0 saturated carbocycles. The number of anilines is 1. The maximum atomic E-state index is 13.5. The van der Waals surface area contributed by atoms with Gasteiger partial charge >= 0.3 is 0 Å². The largest absolute Gasteiger partial charge is 0.494 e. The monoisotopic (exact) mass is 449 g/mol. The van der Waals surface area contributed by atoms with E-state index in [9.17, 15) is 9.59 Å². The van der Waals surface area contributed by atoms with Crippen LogP contribution in [0.15, 0.2) is 48.2 Å². The lowest BCUT2D eigenvalue weighted by Gasteiger charge is -2.28. The van der Waals surface area contributed by atoms with Gasteiger partial charge in [-0.1, -0.05) is 18.2 Å². The molecule has 2 amide bonds. The highest BCUT2D eigenvalue weighted by atomic mass is 16.5. The average molecular weight is 450 g/mol. The standard InChI is InChI=1S/C26H31N3O4/c1-4-33-22-9-6-20(7-10-22)23-24(27-21-8-5-18(2)19(3)17-21)26(31)29(25(23)30)12-11-28-13-15-32-16-14-28/h5-10,17,27H,4,11-16H2,1-3H3. The Morgan fingerprint density at radius 2 is 1.67 bits per heavy atom. The lowest BCUT2D eigenvalue weighted by Crippen LogP contribution is -2.43. The van der Waals surface area contributed by atoms with Gasteiger partial charge in [-0.25, -0.2) is 0 Å². The summed E-state index contributed by atoms with van der Waals surface area (Å²) in [6, 6.07) is 13.2. The number of carbonyl (C=O) groups is 2. The van der Waals surface area contributed by atoms with Crippen LogP contribution < -0.4 is 10.1 Å². The van der Waals surface area contributed by atoms with Crippen LogP contribution >= 0.6 is 0 Å². The van der Waals surface area contributed by atoms with Gasteiger partial charge in [-0.3, -0.25) is 19.4 Å². The fraction of sp³-hybridized carbons (Fsp3) is 0.385. The van der Waals surface area contributed by atoms with Crippen LogP contribution in [-0.2, 0) is 14.3 Å². The van der Waals surface area contributed by atoms with Crippen LogP contribution in [0.1, 0.15) is 23.6 Å². The third kappa shape index (κ3) is 5.10. The molecule has 0 aliphatic carbocycles. The lowest BCUT2D eigenvalue weighted by atomic mass is 10.0. The van der Waals surface area contributed by atoms with Crippen molar-refractivity contribution in [3.8, 4) is 5.75 Å². The summed E-state index contributed by atoms with van der Waals surface area (Å²) >= 11 is 0. The van der Waals surface area contributed by atoms with Gasteiger partial charge in [0.05, 0.1) is 25.4 Å². The van der Waals surface area contributed by atoms with Crippen molar-refractivity contribution in [3.63, 3.8) is 0 Å². The van der Waals surface area contributed by atoms with Gasteiger partial charge in [-0.05, 0) is 61.7 Å². The van der Waals surface area contributed by atoms with Gasteiger partial charge in [0, 0.05) is 31.9 Å². The van der Waals surface area contributed by atoms with Crippen molar-refractivity contribution < 1.29 is 19.1 Å². The maximum Gasteiger partial charge on any atom is 0.278 e. The van der Waals surface area contributed by atoms with Crippen molar-refractivity contribution in [2.45, 2.75) is 20.8 Å². The van der Waals surface area contributed by atoms with E-state index in [1.54, 1.807) is 0 Å². The first-order valence-corrected chi connectivity index (χ1v) is 11.5. The van der Waals surface area contributed by atoms with E-state index in [0.29, 0.717) is 49.7 Å². The van der Waals surface area contributed by atoms with Crippen LogP contribution in [-0.4, -0.2) is 67.6 Å². The van der Waals surface area contributed by atoms with Crippen molar-refractivity contribution in [1.29, 1.82) is 0 Å². The van der Waals surface area contributed by atoms with Gasteiger partial charge in [0.1, 0.15) is 11.4 Å². The number of imide groups is 1. The van der Waals surface area contributed by atoms with E-state index in [1.165, 1.54) is 10.5 Å². The minimum absolute atomic E-state index is 0.274. The number of amides is 2. The Balaban J connectivity index is 1.63. The number of nitrogens with one attached hydrogen (secondary N) is 1. The molecular formula is C26H31N3O4. The highest BCUT2D eigenvalue weighted by Gasteiger charge is 2.39. The second-order valence-electron chi connectivity index (χ2n) is 8.35. The summed E-state index contributed by atoms with van der Waals surface area (Å²) in [5, 5.41) is 3.25. The Morgan fingerprint density at radius 1 is 0.939 bits per heavy atom. The van der Waals surface area contributed by atoms with Crippen LogP contribution in [0.25, 0.3) is 5.57 Å². The first-order valence-electron chi connectivity index (χ1n) is 11.5. The molecule has 2 aromatic carbocycles. The predicted molar refractivity (Wildman–Crippen MR) is 128 cm³/mol. The van der Waals surface area contributed by atoms with Crippen molar-refractivity contribution in [2.75, 3.05) is 51.3 Å². The molecule has 0 unspecified atom stereocenters. The van der Waals surface area contributed by atoms with Gasteiger partial charge < -0.3 is 14.8 Å². The van der Waals surface area contributed by atoms with Crippen molar-refractivity contribution >= 4 is 23.1 Å². The SMILES string of the molecule is CCOc1ccc(C2=C(Nc3ccc(C)c(C)c3)C(=O)N(CCN3CCOCC3)C2=O)cc1. The molecule has 0 aromatic heterocycles. The van der Waals surface area contributed by atoms with Crippen LogP contribution in [0.5, 0.6) is 5.75 Å². The Morgan fingerprint density at radius 3 is 2.33 bits per heavy atom. The van der Waals surface area contributed by atoms with E-state index in [0.717, 1.165) is 30.1 Å². The van der Waals surface area contributed by atoms with Crippen molar-refractivity contribution in [3.05, 3.63) is 64.9 Å². The Bertz CT molecular complexity index is 1060. The number of carbonyl (C=O) groups excluding carboxylic acids is 2. The van der Waals surface area contributed by atoms with Crippen LogP contribution in [0.3, 0.4) is 0 Å². The van der Waals surface area contributed by atoms with Crippen LogP contribution in [0.2, 0.25) is 0 Å². The van der Waals surface area contributed by atoms with Crippen LogP contribution in [0.4, 0.5) is 5.69 Å². The second-order valence-corrected chi connectivity index (χ2v) is 8.35. The summed E-state index contributed by atoms with van der Waals surface area (Å²) in [6.45, 7) is 10.5. The fourth-order valence-electron chi connectivity index (χ4n) is 4.08. The van der Waals surface area contributed by atoms with Crippen molar-refractivity contribution in [2.24, 2.45) is 0 Å². The lowest BCUT2D eigenvalue weighted by molar-refractivity contribution is -0.137. The molecule has 4 rings (SSSR count). The molecule has 2 aliphatic heterocycles. The zero-order valence-electron chi connectivity index (χ0n) is 19.5. The number of hydrogen-bond acceptors (Lipinski definition) is 6. The molecule has 1 saturated heterocycles. The van der Waals surface area contributed by atoms with E-state index >= 15 is 0 Å². The summed E-state index contributed by atoms with van der Waals surface area (Å²) in [4.78, 5) is 30.4. The first-order chi connectivity index (χ1) is 16.0. The van der Waals surface area contributed by atoms with Gasteiger partial charge in [-0.15, -0.1) is 0 Å².